The van der Waals surface area contributed by atoms with E-state index in [1.807, 2.05) is 0 Å². The molecule has 6 heteroatoms. The van der Waals surface area contributed by atoms with Gasteiger partial charge < -0.3 is 20.0 Å². The molecule has 0 radical (unpaired) electrons. The normalized spacial score (nSPS) is 15.1. The zero-order chi connectivity index (χ0) is 7.28. The van der Waals surface area contributed by atoms with E-state index >= 15 is 0 Å². The Hall–Kier alpha value is -0.190. The van der Waals surface area contributed by atoms with E-state index in [9.17, 15) is 0 Å². The minimum Gasteiger partial charge on any atom is -0.516 e. The predicted molar refractivity (Wildman–Crippen MR) is 30.2 cm³/mol. The summed E-state index contributed by atoms with van der Waals surface area (Å²) in [6, 6.07) is 0. The van der Waals surface area contributed by atoms with Crippen LogP contribution in [-0.2, 0) is 4.52 Å². The van der Waals surface area contributed by atoms with E-state index in [1.165, 1.54) is 0 Å². The summed E-state index contributed by atoms with van der Waals surface area (Å²) in [6.45, 7) is 0. The molecule has 5 nitrogen and oxygen atoms in total. The Morgan fingerprint density at radius 3 is 2.33 bits per heavy atom. The molecule has 0 saturated carbocycles. The van der Waals surface area contributed by atoms with Crippen LogP contribution in [0, 0.1) is 0 Å². The van der Waals surface area contributed by atoms with Gasteiger partial charge in [-0.1, -0.05) is 0 Å². The summed E-state index contributed by atoms with van der Waals surface area (Å²) in [5.74, 6) is 0. The number of aliphatic hydroxyl groups is 2. The average molecular weight is 154 g/mol. The van der Waals surface area contributed by atoms with Crippen molar-refractivity contribution in [3.05, 3.63) is 12.3 Å². The second kappa shape index (κ2) is 4.67. The maximum absolute atomic E-state index is 8.45. The van der Waals surface area contributed by atoms with Crippen LogP contribution < -0.4 is 0 Å². The predicted octanol–water partition coefficient (Wildman–Crippen LogP) is -0.395. The van der Waals surface area contributed by atoms with Crippen LogP contribution >= 0.6 is 8.60 Å². The van der Waals surface area contributed by atoms with Crippen molar-refractivity contribution < 1.29 is 24.5 Å². The molecule has 0 bridgehead atoms. The van der Waals surface area contributed by atoms with Crippen molar-refractivity contribution in [3.8, 4) is 0 Å². The van der Waals surface area contributed by atoms with Gasteiger partial charge in [0.25, 0.3) is 0 Å². The highest BCUT2D eigenvalue weighted by Gasteiger charge is 2.04. The zero-order valence-electron chi connectivity index (χ0n) is 4.38. The monoisotopic (exact) mass is 154 g/mol. The Kier molecular flexibility index (Phi) is 4.57. The minimum absolute atomic E-state index is 0.545. The molecular formula is C3H7O5P. The molecule has 0 saturated heterocycles. The summed E-state index contributed by atoms with van der Waals surface area (Å²) in [5, 5.41) is 16.4. The summed E-state index contributed by atoms with van der Waals surface area (Å²) in [6.07, 6.45) is -0.0678. The molecule has 0 spiro atoms. The van der Waals surface area contributed by atoms with E-state index in [0.717, 1.165) is 6.08 Å². The molecule has 54 valence electrons. The molecule has 0 aromatic heterocycles. The van der Waals surface area contributed by atoms with Gasteiger partial charge in [0.2, 0.25) is 0 Å². The van der Waals surface area contributed by atoms with Gasteiger partial charge in [0.15, 0.2) is 6.29 Å². The molecule has 4 N–H and O–H groups in total. The second-order valence-corrected chi connectivity index (χ2v) is 1.81. The topological polar surface area (TPSA) is 90.2 Å². The van der Waals surface area contributed by atoms with Gasteiger partial charge in [-0.25, -0.2) is 0 Å². The van der Waals surface area contributed by atoms with E-state index < -0.39 is 14.9 Å². The Labute approximate surface area is 52.8 Å². The lowest BCUT2D eigenvalue weighted by molar-refractivity contribution is 0.0143. The van der Waals surface area contributed by atoms with Gasteiger partial charge in [0, 0.05) is 6.08 Å². The highest BCUT2D eigenvalue weighted by atomic mass is 31.2. The first-order valence-electron chi connectivity index (χ1n) is 2.00. The maximum atomic E-state index is 8.45. The van der Waals surface area contributed by atoms with Gasteiger partial charge in [-0.15, -0.1) is 0 Å². The number of rotatable bonds is 3. The first-order chi connectivity index (χ1) is 4.16. The van der Waals surface area contributed by atoms with Crippen molar-refractivity contribution in [2.45, 2.75) is 6.29 Å². The Balaban J connectivity index is 3.38. The molecule has 0 heterocycles. The quantitative estimate of drug-likeness (QED) is 0.252. The third-order valence-corrected chi connectivity index (χ3v) is 0.858. The Morgan fingerprint density at radius 1 is 1.44 bits per heavy atom. The molecule has 0 aromatic rings. The molecule has 0 aliphatic rings. The zero-order valence-corrected chi connectivity index (χ0v) is 5.27. The molecule has 0 amide bonds. The van der Waals surface area contributed by atoms with Crippen molar-refractivity contribution in [2.75, 3.05) is 0 Å². The smallest absolute Gasteiger partial charge is 0.329 e. The molecule has 0 aromatic carbocycles. The van der Waals surface area contributed by atoms with Gasteiger partial charge >= 0.3 is 8.60 Å². The summed E-state index contributed by atoms with van der Waals surface area (Å²) in [7, 11) is -2.56. The largest absolute Gasteiger partial charge is 0.516 e. The molecule has 0 aliphatic carbocycles. The van der Waals surface area contributed by atoms with Crippen LogP contribution in [0.15, 0.2) is 12.3 Å². The molecule has 0 aliphatic heterocycles. The molecule has 1 atom stereocenters. The van der Waals surface area contributed by atoms with Gasteiger partial charge in [-0.3, -0.25) is 4.52 Å². The van der Waals surface area contributed by atoms with Crippen molar-refractivity contribution in [2.24, 2.45) is 0 Å². The molecule has 1 unspecified atom stereocenters. The van der Waals surface area contributed by atoms with Crippen molar-refractivity contribution in [3.63, 3.8) is 0 Å². The maximum Gasteiger partial charge on any atom is 0.329 e. The fraction of sp³-hybridized carbons (Fsp3) is 0.333. The fourth-order valence-electron chi connectivity index (χ4n) is 0.205. The summed E-state index contributed by atoms with van der Waals surface area (Å²) < 4.78 is 3.98. The summed E-state index contributed by atoms with van der Waals surface area (Å²) in [5.41, 5.74) is 0. The highest BCUT2D eigenvalue weighted by molar-refractivity contribution is 7.39. The number of hydrogen-bond acceptors (Lipinski definition) is 5. The van der Waals surface area contributed by atoms with Crippen LogP contribution in [0.2, 0.25) is 0 Å². The van der Waals surface area contributed by atoms with Gasteiger partial charge in [-0.2, -0.15) is 0 Å². The highest BCUT2D eigenvalue weighted by Crippen LogP contribution is 2.25. The second-order valence-electron chi connectivity index (χ2n) is 1.09. The van der Waals surface area contributed by atoms with Crippen LogP contribution in [0.5, 0.6) is 0 Å². The summed E-state index contributed by atoms with van der Waals surface area (Å²) in [4.78, 5) is 16.1. The third-order valence-electron chi connectivity index (χ3n) is 0.453. The Bertz CT molecular complexity index is 92.2. The van der Waals surface area contributed by atoms with Crippen molar-refractivity contribution in [1.82, 2.24) is 0 Å². The first-order valence-corrected chi connectivity index (χ1v) is 3.17. The van der Waals surface area contributed by atoms with E-state index in [-0.39, 0.29) is 0 Å². The van der Waals surface area contributed by atoms with Gasteiger partial charge in [0.1, 0.15) is 0 Å². The van der Waals surface area contributed by atoms with Crippen LogP contribution in [0.25, 0.3) is 0 Å². The van der Waals surface area contributed by atoms with E-state index in [1.54, 1.807) is 0 Å². The average Bonchev–Trinajstić information content (AvgIpc) is 1.63. The standard InChI is InChI=1S/C3H7O5P/c4-2-1-3(5)8-9(6)7/h1-7H. The van der Waals surface area contributed by atoms with Crippen LogP contribution in [0.4, 0.5) is 0 Å². The van der Waals surface area contributed by atoms with E-state index in [0.29, 0.717) is 6.26 Å². The first kappa shape index (κ1) is 8.81. The molecule has 0 rings (SSSR count). The summed E-state index contributed by atoms with van der Waals surface area (Å²) >= 11 is 0. The van der Waals surface area contributed by atoms with Crippen molar-refractivity contribution in [1.29, 1.82) is 0 Å². The van der Waals surface area contributed by atoms with Gasteiger partial charge in [-0.05, 0) is 0 Å². The Morgan fingerprint density at radius 2 is 2.00 bits per heavy atom. The molecule has 0 fully saturated rings. The lowest BCUT2D eigenvalue weighted by atomic mass is 10.6. The fourth-order valence-corrected chi connectivity index (χ4v) is 0.469. The number of aliphatic hydroxyl groups excluding tert-OH is 2. The molecular weight excluding hydrogens is 147 g/mol. The SMILES string of the molecule is OC=CC(O)OP(O)O. The van der Waals surface area contributed by atoms with Crippen molar-refractivity contribution >= 4 is 8.60 Å². The molecule has 9 heavy (non-hydrogen) atoms. The third kappa shape index (κ3) is 5.68. The van der Waals surface area contributed by atoms with Crippen LogP contribution in [0.3, 0.4) is 0 Å². The van der Waals surface area contributed by atoms with E-state index in [2.05, 4.69) is 4.52 Å². The minimum atomic E-state index is -2.56. The number of hydrogen-bond donors (Lipinski definition) is 4. The van der Waals surface area contributed by atoms with Crippen LogP contribution in [0.1, 0.15) is 0 Å². The van der Waals surface area contributed by atoms with Gasteiger partial charge in [0.05, 0.1) is 6.26 Å². The lowest BCUT2D eigenvalue weighted by Crippen LogP contribution is -2.03. The van der Waals surface area contributed by atoms with Crippen LogP contribution in [-0.4, -0.2) is 26.3 Å². The van der Waals surface area contributed by atoms with E-state index in [4.69, 9.17) is 20.0 Å². The lowest BCUT2D eigenvalue weighted by Gasteiger charge is -2.05.